The number of anilines is 1. The molecule has 0 saturated heterocycles. The van der Waals surface area contributed by atoms with Crippen molar-refractivity contribution in [1.82, 2.24) is 19.7 Å². The summed E-state index contributed by atoms with van der Waals surface area (Å²) in [6, 6.07) is 5.93. The van der Waals surface area contributed by atoms with Gasteiger partial charge in [0.05, 0.1) is 0 Å². The van der Waals surface area contributed by atoms with E-state index < -0.39 is 5.41 Å². The Bertz CT molecular complexity index is 979. The molecule has 8 heteroatoms. The van der Waals surface area contributed by atoms with Crippen LogP contribution in [0.3, 0.4) is 0 Å². The molecule has 1 heterocycles. The van der Waals surface area contributed by atoms with E-state index in [1.807, 2.05) is 39.0 Å². The van der Waals surface area contributed by atoms with Crippen LogP contribution in [0.1, 0.15) is 69.2 Å². The largest absolute Gasteiger partial charge is 0.348 e. The molecule has 0 atom stereocenters. The van der Waals surface area contributed by atoms with Crippen molar-refractivity contribution < 1.29 is 9.59 Å². The first-order valence-electron chi connectivity index (χ1n) is 11.3. The second kappa shape index (κ2) is 10.0. The second-order valence-electron chi connectivity index (χ2n) is 9.53. The van der Waals surface area contributed by atoms with Gasteiger partial charge in [-0.25, -0.2) is 0 Å². The lowest BCUT2D eigenvalue weighted by molar-refractivity contribution is -0.138. The van der Waals surface area contributed by atoms with E-state index in [0.29, 0.717) is 23.9 Å². The highest BCUT2D eigenvalue weighted by Gasteiger charge is 2.31. The summed E-state index contributed by atoms with van der Waals surface area (Å²) in [5, 5.41) is 12.4. The Labute approximate surface area is 195 Å². The molecule has 1 aromatic carbocycles. The Hall–Kier alpha value is -2.41. The summed E-state index contributed by atoms with van der Waals surface area (Å²) in [7, 11) is 3.59. The Kier molecular flexibility index (Phi) is 7.59. The molecule has 3 rings (SSSR count). The highest BCUT2D eigenvalue weighted by Crippen LogP contribution is 2.37. The zero-order valence-corrected chi connectivity index (χ0v) is 20.5. The molecule has 7 nitrogen and oxygen atoms in total. The third kappa shape index (κ3) is 5.88. The molecule has 2 amide bonds. The Balaban J connectivity index is 1.58. The van der Waals surface area contributed by atoms with Crippen molar-refractivity contribution in [3.8, 4) is 0 Å². The van der Waals surface area contributed by atoms with Crippen LogP contribution >= 0.6 is 11.6 Å². The van der Waals surface area contributed by atoms with Gasteiger partial charge in [-0.1, -0.05) is 31.5 Å². The Morgan fingerprint density at radius 1 is 1.19 bits per heavy atom. The number of nitrogens with one attached hydrogen (secondary N) is 1. The van der Waals surface area contributed by atoms with Crippen LogP contribution in [0, 0.1) is 12.3 Å². The third-order valence-electron chi connectivity index (χ3n) is 6.05. The van der Waals surface area contributed by atoms with Crippen molar-refractivity contribution in [3.05, 3.63) is 40.4 Å². The minimum absolute atomic E-state index is 0.0637. The Morgan fingerprint density at radius 2 is 1.84 bits per heavy atom. The Morgan fingerprint density at radius 3 is 2.47 bits per heavy atom. The summed E-state index contributed by atoms with van der Waals surface area (Å²) in [5.41, 5.74) is 1.20. The average molecular weight is 460 g/mol. The van der Waals surface area contributed by atoms with Gasteiger partial charge < -0.3 is 14.8 Å². The van der Waals surface area contributed by atoms with Crippen LogP contribution < -0.4 is 5.32 Å². The SMILES string of the molecule is Cc1c(Cl)cccc1NC(=O)CCc1nnc(CCCC(C)(C)C(=O)N(C)C)n1C1CC1. The van der Waals surface area contributed by atoms with Crippen LogP contribution in [0.15, 0.2) is 18.2 Å². The van der Waals surface area contributed by atoms with Crippen LogP contribution in [0.4, 0.5) is 5.69 Å². The predicted octanol–water partition coefficient (Wildman–Crippen LogP) is 4.58. The lowest BCUT2D eigenvalue weighted by Gasteiger charge is -2.27. The molecule has 0 aliphatic heterocycles. The maximum Gasteiger partial charge on any atom is 0.227 e. The van der Waals surface area contributed by atoms with Gasteiger partial charge in [0.1, 0.15) is 11.6 Å². The molecule has 1 N–H and O–H groups in total. The van der Waals surface area contributed by atoms with E-state index in [2.05, 4.69) is 20.1 Å². The topological polar surface area (TPSA) is 80.1 Å². The van der Waals surface area contributed by atoms with Crippen LogP contribution in [-0.2, 0) is 22.4 Å². The van der Waals surface area contributed by atoms with Gasteiger partial charge in [0.15, 0.2) is 0 Å². The highest BCUT2D eigenvalue weighted by atomic mass is 35.5. The monoisotopic (exact) mass is 459 g/mol. The summed E-state index contributed by atoms with van der Waals surface area (Å²) in [5.74, 6) is 1.90. The highest BCUT2D eigenvalue weighted by molar-refractivity contribution is 6.31. The number of carbonyl (C=O) groups is 2. The summed E-state index contributed by atoms with van der Waals surface area (Å²) in [4.78, 5) is 26.5. The van der Waals surface area contributed by atoms with Gasteiger partial charge >= 0.3 is 0 Å². The number of aryl methyl sites for hydroxylation is 2. The molecular weight excluding hydrogens is 426 g/mol. The van der Waals surface area contributed by atoms with E-state index >= 15 is 0 Å². The van der Waals surface area contributed by atoms with Crippen LogP contribution in [-0.4, -0.2) is 45.6 Å². The lowest BCUT2D eigenvalue weighted by atomic mass is 9.85. The molecule has 0 radical (unpaired) electrons. The van der Waals surface area contributed by atoms with E-state index in [0.717, 1.165) is 55.0 Å². The fraction of sp³-hybridized carbons (Fsp3) is 0.583. The molecule has 1 fully saturated rings. The zero-order valence-electron chi connectivity index (χ0n) is 19.7. The van der Waals surface area contributed by atoms with E-state index in [-0.39, 0.29) is 11.8 Å². The number of benzene rings is 1. The molecule has 0 spiro atoms. The minimum Gasteiger partial charge on any atom is -0.348 e. The summed E-state index contributed by atoms with van der Waals surface area (Å²) >= 11 is 6.14. The van der Waals surface area contributed by atoms with Crippen molar-refractivity contribution in [1.29, 1.82) is 0 Å². The smallest absolute Gasteiger partial charge is 0.227 e. The minimum atomic E-state index is -0.396. The van der Waals surface area contributed by atoms with Crippen LogP contribution in [0.25, 0.3) is 0 Å². The standard InChI is InChI=1S/C24H34ClN5O2/c1-16-18(25)8-6-9-19(16)26-22(31)14-13-21-28-27-20(30(21)17-11-12-17)10-7-15-24(2,3)23(32)29(4)5/h6,8-9,17H,7,10-15H2,1-5H3,(H,26,31). The zero-order chi connectivity index (χ0) is 23.5. The van der Waals surface area contributed by atoms with Crippen molar-refractivity contribution in [2.45, 2.75) is 71.8 Å². The number of hydrogen-bond donors (Lipinski definition) is 1. The van der Waals surface area contributed by atoms with Crippen molar-refractivity contribution in [3.63, 3.8) is 0 Å². The van der Waals surface area contributed by atoms with Crippen LogP contribution in [0.2, 0.25) is 5.02 Å². The maximum absolute atomic E-state index is 12.5. The molecule has 0 bridgehead atoms. The van der Waals surface area contributed by atoms with E-state index in [1.54, 1.807) is 19.0 Å². The molecule has 174 valence electrons. The number of halogens is 1. The second-order valence-corrected chi connectivity index (χ2v) is 9.94. The van der Waals surface area contributed by atoms with Gasteiger partial charge in [-0.3, -0.25) is 9.59 Å². The molecule has 1 saturated carbocycles. The number of nitrogens with zero attached hydrogens (tertiary/aromatic N) is 4. The first-order chi connectivity index (χ1) is 15.1. The number of amides is 2. The van der Waals surface area contributed by atoms with Gasteiger partial charge in [0, 0.05) is 55.5 Å². The molecule has 32 heavy (non-hydrogen) atoms. The fourth-order valence-electron chi connectivity index (χ4n) is 4.04. The third-order valence-corrected chi connectivity index (χ3v) is 6.46. The molecule has 0 unspecified atom stereocenters. The van der Waals surface area contributed by atoms with E-state index in [4.69, 9.17) is 11.6 Å². The quantitative estimate of drug-likeness (QED) is 0.563. The molecule has 1 aliphatic carbocycles. The van der Waals surface area contributed by atoms with Gasteiger partial charge in [-0.15, -0.1) is 10.2 Å². The van der Waals surface area contributed by atoms with E-state index in [1.165, 1.54) is 0 Å². The summed E-state index contributed by atoms with van der Waals surface area (Å²) < 4.78 is 2.22. The molecular formula is C24H34ClN5O2. The van der Waals surface area contributed by atoms with Gasteiger partial charge in [-0.2, -0.15) is 0 Å². The summed E-state index contributed by atoms with van der Waals surface area (Å²) in [6.45, 7) is 5.88. The predicted molar refractivity (Wildman–Crippen MR) is 127 cm³/mol. The first-order valence-corrected chi connectivity index (χ1v) is 11.7. The maximum atomic E-state index is 12.5. The van der Waals surface area contributed by atoms with E-state index in [9.17, 15) is 9.59 Å². The lowest BCUT2D eigenvalue weighted by Crippen LogP contribution is -2.36. The van der Waals surface area contributed by atoms with Gasteiger partial charge in [0.25, 0.3) is 0 Å². The number of carbonyl (C=O) groups excluding carboxylic acids is 2. The first kappa shape index (κ1) is 24.2. The van der Waals surface area contributed by atoms with Crippen LogP contribution in [0.5, 0.6) is 0 Å². The average Bonchev–Trinajstić information content (AvgIpc) is 3.49. The molecule has 1 aliphatic rings. The molecule has 2 aromatic rings. The fourth-order valence-corrected chi connectivity index (χ4v) is 4.21. The van der Waals surface area contributed by atoms with Gasteiger partial charge in [0.2, 0.25) is 11.8 Å². The number of hydrogen-bond acceptors (Lipinski definition) is 4. The molecule has 1 aromatic heterocycles. The number of rotatable bonds is 10. The van der Waals surface area contributed by atoms with Gasteiger partial charge in [-0.05, 0) is 50.3 Å². The van der Waals surface area contributed by atoms with Crippen molar-refractivity contribution in [2.24, 2.45) is 5.41 Å². The van der Waals surface area contributed by atoms with Crippen molar-refractivity contribution in [2.75, 3.05) is 19.4 Å². The number of aromatic nitrogens is 3. The van der Waals surface area contributed by atoms with Crippen molar-refractivity contribution >= 4 is 29.1 Å². The summed E-state index contributed by atoms with van der Waals surface area (Å²) in [6.07, 6.45) is 5.56. The normalized spacial score (nSPS) is 13.8.